The molecule has 0 aliphatic rings. The molecule has 0 bridgehead atoms. The lowest BCUT2D eigenvalue weighted by atomic mass is 9.82. The van der Waals surface area contributed by atoms with Crippen LogP contribution in [-0.2, 0) is 0 Å². The molecule has 2 nitrogen and oxygen atoms in total. The summed E-state index contributed by atoms with van der Waals surface area (Å²) in [4.78, 5) is 0. The van der Waals surface area contributed by atoms with Crippen LogP contribution in [-0.4, -0.2) is 18.3 Å². The molecular formula is C8H19NO. The van der Waals surface area contributed by atoms with E-state index >= 15 is 0 Å². The molecule has 0 saturated heterocycles. The van der Waals surface area contributed by atoms with Crippen LogP contribution in [0.5, 0.6) is 0 Å². The van der Waals surface area contributed by atoms with Crippen molar-refractivity contribution >= 4 is 0 Å². The second kappa shape index (κ2) is 4.69. The molecule has 0 amide bonds. The van der Waals surface area contributed by atoms with E-state index < -0.39 is 0 Å². The Kier molecular flexibility index (Phi) is 4.65. The van der Waals surface area contributed by atoms with Crippen LogP contribution in [0.4, 0.5) is 0 Å². The summed E-state index contributed by atoms with van der Waals surface area (Å²) in [6.07, 6.45) is 3.12. The van der Waals surface area contributed by atoms with Gasteiger partial charge in [0.15, 0.2) is 0 Å². The van der Waals surface area contributed by atoms with Crippen molar-refractivity contribution in [2.75, 3.05) is 13.2 Å². The molecule has 2 heteroatoms. The van der Waals surface area contributed by atoms with Gasteiger partial charge in [-0.1, -0.05) is 20.3 Å². The summed E-state index contributed by atoms with van der Waals surface area (Å²) in [5, 5.41) is 9.03. The van der Waals surface area contributed by atoms with Gasteiger partial charge in [-0.3, -0.25) is 0 Å². The first-order valence-electron chi connectivity index (χ1n) is 4.05. The first-order chi connectivity index (χ1) is 4.74. The summed E-state index contributed by atoms with van der Waals surface area (Å²) >= 11 is 0. The van der Waals surface area contributed by atoms with Crippen molar-refractivity contribution in [1.29, 1.82) is 0 Å². The second-order valence-electron chi connectivity index (χ2n) is 2.97. The van der Waals surface area contributed by atoms with Gasteiger partial charge in [0.05, 0.1) is 0 Å². The number of hydrogen-bond acceptors (Lipinski definition) is 2. The third kappa shape index (κ3) is 2.27. The molecule has 0 radical (unpaired) electrons. The maximum Gasteiger partial charge on any atom is 0.0499 e. The van der Waals surface area contributed by atoms with Crippen LogP contribution >= 0.6 is 0 Å². The van der Waals surface area contributed by atoms with Crippen molar-refractivity contribution in [2.45, 2.75) is 33.1 Å². The molecule has 62 valence electrons. The van der Waals surface area contributed by atoms with E-state index in [2.05, 4.69) is 13.8 Å². The fourth-order valence-electron chi connectivity index (χ4n) is 1.21. The summed E-state index contributed by atoms with van der Waals surface area (Å²) in [5.74, 6) is 0. The maximum atomic E-state index is 9.03. The van der Waals surface area contributed by atoms with E-state index in [9.17, 15) is 0 Å². The fraction of sp³-hybridized carbons (Fsp3) is 1.00. The van der Waals surface area contributed by atoms with Gasteiger partial charge in [0, 0.05) is 18.6 Å². The highest BCUT2D eigenvalue weighted by atomic mass is 16.3. The van der Waals surface area contributed by atoms with Gasteiger partial charge < -0.3 is 10.8 Å². The maximum absolute atomic E-state index is 9.03. The molecular weight excluding hydrogens is 126 g/mol. The highest BCUT2D eigenvalue weighted by Crippen LogP contribution is 2.25. The summed E-state index contributed by atoms with van der Waals surface area (Å²) in [7, 11) is 0. The minimum absolute atomic E-state index is 0.00868. The van der Waals surface area contributed by atoms with E-state index in [-0.39, 0.29) is 12.0 Å². The smallest absolute Gasteiger partial charge is 0.0499 e. The molecule has 0 aliphatic carbocycles. The quantitative estimate of drug-likeness (QED) is 0.609. The minimum atomic E-state index is 0.00868. The van der Waals surface area contributed by atoms with E-state index in [0.717, 1.165) is 19.3 Å². The van der Waals surface area contributed by atoms with Crippen LogP contribution in [0, 0.1) is 5.41 Å². The highest BCUT2D eigenvalue weighted by Gasteiger charge is 2.23. The molecule has 0 aromatic heterocycles. The normalized spacial score (nSPS) is 16.8. The Balaban J connectivity index is 3.87. The van der Waals surface area contributed by atoms with Gasteiger partial charge in [-0.2, -0.15) is 0 Å². The Hall–Kier alpha value is -0.0800. The molecule has 0 aliphatic heterocycles. The van der Waals surface area contributed by atoms with E-state index in [1.54, 1.807) is 0 Å². The molecule has 0 saturated carbocycles. The Bertz CT molecular complexity index is 71.1. The number of rotatable bonds is 5. The summed E-state index contributed by atoms with van der Waals surface area (Å²) in [5.41, 5.74) is 5.56. The van der Waals surface area contributed by atoms with Crippen LogP contribution in [0.2, 0.25) is 0 Å². The lowest BCUT2D eigenvalue weighted by Gasteiger charge is -2.28. The van der Waals surface area contributed by atoms with Gasteiger partial charge >= 0.3 is 0 Å². The van der Waals surface area contributed by atoms with E-state index in [1.165, 1.54) is 0 Å². The minimum Gasteiger partial charge on any atom is -0.396 e. The Morgan fingerprint density at radius 1 is 1.40 bits per heavy atom. The molecule has 1 unspecified atom stereocenters. The molecule has 1 atom stereocenters. The van der Waals surface area contributed by atoms with Crippen LogP contribution in [0.15, 0.2) is 0 Å². The lowest BCUT2D eigenvalue weighted by molar-refractivity contribution is 0.117. The number of nitrogens with two attached hydrogens (primary N) is 1. The molecule has 3 N–H and O–H groups in total. The fourth-order valence-corrected chi connectivity index (χ4v) is 1.21. The van der Waals surface area contributed by atoms with Crippen molar-refractivity contribution in [3.63, 3.8) is 0 Å². The van der Waals surface area contributed by atoms with E-state index in [1.807, 2.05) is 0 Å². The van der Waals surface area contributed by atoms with Crippen molar-refractivity contribution in [3.05, 3.63) is 0 Å². The summed E-state index contributed by atoms with van der Waals surface area (Å²) in [6.45, 7) is 5.04. The molecule has 10 heavy (non-hydrogen) atoms. The average molecular weight is 145 g/mol. The Morgan fingerprint density at radius 3 is 2.10 bits per heavy atom. The van der Waals surface area contributed by atoms with Crippen molar-refractivity contribution in [3.8, 4) is 0 Å². The number of aliphatic hydroxyl groups is 1. The first kappa shape index (κ1) is 9.92. The summed E-state index contributed by atoms with van der Waals surface area (Å²) in [6, 6.07) is 0. The lowest BCUT2D eigenvalue weighted by Crippen LogP contribution is -2.33. The van der Waals surface area contributed by atoms with Crippen molar-refractivity contribution < 1.29 is 5.11 Å². The third-order valence-electron chi connectivity index (χ3n) is 2.30. The second-order valence-corrected chi connectivity index (χ2v) is 2.97. The predicted molar refractivity (Wildman–Crippen MR) is 43.8 cm³/mol. The predicted octanol–water partition coefficient (Wildman–Crippen LogP) is 1.13. The zero-order valence-electron chi connectivity index (χ0n) is 7.06. The van der Waals surface area contributed by atoms with Gasteiger partial charge in [-0.05, 0) is 12.8 Å². The first-order valence-corrected chi connectivity index (χ1v) is 4.05. The molecule has 0 heterocycles. The van der Waals surface area contributed by atoms with E-state index in [4.69, 9.17) is 10.8 Å². The third-order valence-corrected chi connectivity index (χ3v) is 2.30. The SMILES string of the molecule is CCCC(CC)(CN)CO. The molecule has 0 aromatic rings. The van der Waals surface area contributed by atoms with Crippen LogP contribution in [0.3, 0.4) is 0 Å². The van der Waals surface area contributed by atoms with Gasteiger partial charge in [0.1, 0.15) is 0 Å². The van der Waals surface area contributed by atoms with Gasteiger partial charge in [-0.25, -0.2) is 0 Å². The number of aliphatic hydroxyl groups excluding tert-OH is 1. The highest BCUT2D eigenvalue weighted by molar-refractivity contribution is 4.77. The van der Waals surface area contributed by atoms with Crippen LogP contribution in [0.1, 0.15) is 33.1 Å². The molecule has 0 rings (SSSR count). The van der Waals surface area contributed by atoms with Gasteiger partial charge in [0.2, 0.25) is 0 Å². The van der Waals surface area contributed by atoms with Crippen molar-refractivity contribution in [2.24, 2.45) is 11.1 Å². The average Bonchev–Trinajstić information content (AvgIpc) is 2.01. The standard InChI is InChI=1S/C8H19NO/c1-3-5-8(4-2,6-9)7-10/h10H,3-7,9H2,1-2H3. The largest absolute Gasteiger partial charge is 0.396 e. The summed E-state index contributed by atoms with van der Waals surface area (Å²) < 4.78 is 0. The monoisotopic (exact) mass is 145 g/mol. The Labute approximate surface area is 63.4 Å². The zero-order chi connectivity index (χ0) is 8.04. The topological polar surface area (TPSA) is 46.2 Å². The van der Waals surface area contributed by atoms with Gasteiger partial charge in [-0.15, -0.1) is 0 Å². The number of hydrogen-bond donors (Lipinski definition) is 2. The van der Waals surface area contributed by atoms with Crippen molar-refractivity contribution in [1.82, 2.24) is 0 Å². The van der Waals surface area contributed by atoms with Crippen LogP contribution in [0.25, 0.3) is 0 Å². The van der Waals surface area contributed by atoms with E-state index in [0.29, 0.717) is 6.54 Å². The van der Waals surface area contributed by atoms with Gasteiger partial charge in [0.25, 0.3) is 0 Å². The Morgan fingerprint density at radius 2 is 2.00 bits per heavy atom. The zero-order valence-corrected chi connectivity index (χ0v) is 7.06. The molecule has 0 aromatic carbocycles. The molecule has 0 spiro atoms. The molecule has 0 fully saturated rings. The van der Waals surface area contributed by atoms with Crippen LogP contribution < -0.4 is 5.73 Å².